The molecule has 1 aliphatic heterocycles. The highest BCUT2D eigenvalue weighted by molar-refractivity contribution is 5.04. The zero-order valence-electron chi connectivity index (χ0n) is 17.5. The zero-order chi connectivity index (χ0) is 21.7. The van der Waals surface area contributed by atoms with E-state index in [1.165, 1.54) is 6.08 Å². The Labute approximate surface area is 168 Å². The van der Waals surface area contributed by atoms with Crippen molar-refractivity contribution >= 4 is 0 Å². The molecule has 6 N–H and O–H groups in total. The smallest absolute Gasteiger partial charge is 0.111 e. The van der Waals surface area contributed by atoms with Gasteiger partial charge in [0.25, 0.3) is 0 Å². The van der Waals surface area contributed by atoms with Gasteiger partial charge in [-0.3, -0.25) is 0 Å². The quantitative estimate of drug-likeness (QED) is 0.296. The third-order valence-corrected chi connectivity index (χ3v) is 5.67. The first-order valence-electron chi connectivity index (χ1n) is 9.88. The third kappa shape index (κ3) is 6.91. The summed E-state index contributed by atoms with van der Waals surface area (Å²) in [4.78, 5) is 0. The lowest BCUT2D eigenvalue weighted by Crippen LogP contribution is -2.62. The molecule has 0 aromatic heterocycles. The first-order valence-corrected chi connectivity index (χ1v) is 9.88. The van der Waals surface area contributed by atoms with Gasteiger partial charge < -0.3 is 35.4 Å². The Morgan fingerprint density at radius 1 is 1.11 bits per heavy atom. The van der Waals surface area contributed by atoms with E-state index in [2.05, 4.69) is 6.58 Å². The van der Waals surface area contributed by atoms with Gasteiger partial charge in [-0.1, -0.05) is 17.7 Å². The van der Waals surface area contributed by atoms with E-state index in [1.807, 2.05) is 13.0 Å². The molecule has 0 spiro atoms. The van der Waals surface area contributed by atoms with Crippen LogP contribution in [0, 0.1) is 5.92 Å². The number of hydrogen-bond donors (Lipinski definition) is 6. The van der Waals surface area contributed by atoms with Crippen LogP contribution in [0.15, 0.2) is 24.3 Å². The van der Waals surface area contributed by atoms with Crippen LogP contribution in [0.5, 0.6) is 0 Å². The third-order valence-electron chi connectivity index (χ3n) is 5.67. The molecule has 1 aliphatic rings. The Bertz CT molecular complexity index is 521. The summed E-state index contributed by atoms with van der Waals surface area (Å²) in [7, 11) is 0. The van der Waals surface area contributed by atoms with Crippen LogP contribution in [0.2, 0.25) is 0 Å². The molecule has 1 saturated heterocycles. The predicted molar refractivity (Wildman–Crippen MR) is 107 cm³/mol. The van der Waals surface area contributed by atoms with Crippen molar-refractivity contribution in [3.63, 3.8) is 0 Å². The molecule has 1 heterocycles. The van der Waals surface area contributed by atoms with Crippen LogP contribution in [0.4, 0.5) is 0 Å². The Balaban J connectivity index is 2.82. The Hall–Kier alpha value is -0.800. The summed E-state index contributed by atoms with van der Waals surface area (Å²) in [6.45, 7) is 9.99. The Morgan fingerprint density at radius 3 is 2.21 bits per heavy atom. The minimum Gasteiger partial charge on any atom is -0.394 e. The number of allylic oxidation sites excluding steroid dienone is 2. The molecule has 0 radical (unpaired) electrons. The molecule has 0 aromatic carbocycles. The van der Waals surface area contributed by atoms with E-state index in [1.54, 1.807) is 20.8 Å². The van der Waals surface area contributed by atoms with Crippen molar-refractivity contribution in [3.8, 4) is 0 Å². The number of aliphatic hydroxyl groups excluding tert-OH is 4. The van der Waals surface area contributed by atoms with Gasteiger partial charge in [0.05, 0.1) is 23.9 Å². The Morgan fingerprint density at radius 2 is 1.71 bits per heavy atom. The van der Waals surface area contributed by atoms with Crippen molar-refractivity contribution < 1.29 is 35.4 Å². The Kier molecular flexibility index (Phi) is 9.28. The van der Waals surface area contributed by atoms with Crippen LogP contribution < -0.4 is 0 Å². The second-order valence-electron chi connectivity index (χ2n) is 8.74. The van der Waals surface area contributed by atoms with Crippen molar-refractivity contribution in [1.82, 2.24) is 0 Å². The fourth-order valence-electron chi connectivity index (χ4n) is 3.58. The van der Waals surface area contributed by atoms with Crippen LogP contribution in [0.1, 0.15) is 53.4 Å². The SMILES string of the molecule is C=C[C@@](C)(O)CC/C=C(\C)CCC([C@@H]1O[C@H](CO)[C@@H](O)[C@H](O)[C@H]1O)C(C)(C)O. The molecular formula is C21H38O7. The van der Waals surface area contributed by atoms with Crippen LogP contribution in [-0.2, 0) is 4.74 Å². The number of rotatable bonds is 10. The molecule has 1 unspecified atom stereocenters. The molecule has 0 bridgehead atoms. The van der Waals surface area contributed by atoms with E-state index in [4.69, 9.17) is 4.74 Å². The lowest BCUT2D eigenvalue weighted by molar-refractivity contribution is -0.254. The van der Waals surface area contributed by atoms with Gasteiger partial charge >= 0.3 is 0 Å². The molecule has 164 valence electrons. The van der Waals surface area contributed by atoms with Crippen molar-refractivity contribution in [2.75, 3.05) is 6.61 Å². The molecule has 7 nitrogen and oxygen atoms in total. The normalized spacial score (nSPS) is 32.6. The van der Waals surface area contributed by atoms with E-state index in [9.17, 15) is 30.6 Å². The second kappa shape index (κ2) is 10.3. The van der Waals surface area contributed by atoms with E-state index in [-0.39, 0.29) is 0 Å². The van der Waals surface area contributed by atoms with E-state index in [0.717, 1.165) is 5.57 Å². The zero-order valence-corrected chi connectivity index (χ0v) is 17.5. The summed E-state index contributed by atoms with van der Waals surface area (Å²) in [5.41, 5.74) is -1.05. The number of aliphatic hydroxyl groups is 6. The van der Waals surface area contributed by atoms with E-state index in [0.29, 0.717) is 25.7 Å². The highest BCUT2D eigenvalue weighted by Crippen LogP contribution is 2.35. The summed E-state index contributed by atoms with van der Waals surface area (Å²) in [5, 5.41) is 60.4. The summed E-state index contributed by atoms with van der Waals surface area (Å²) >= 11 is 0. The largest absolute Gasteiger partial charge is 0.394 e. The monoisotopic (exact) mass is 402 g/mol. The van der Waals surface area contributed by atoms with Gasteiger partial charge in [0, 0.05) is 5.92 Å². The fraction of sp³-hybridized carbons (Fsp3) is 0.810. The average molecular weight is 403 g/mol. The van der Waals surface area contributed by atoms with Crippen molar-refractivity contribution in [3.05, 3.63) is 24.3 Å². The fourth-order valence-corrected chi connectivity index (χ4v) is 3.58. The van der Waals surface area contributed by atoms with Crippen LogP contribution >= 0.6 is 0 Å². The van der Waals surface area contributed by atoms with Crippen LogP contribution in [-0.4, -0.2) is 79.0 Å². The lowest BCUT2D eigenvalue weighted by atomic mass is 9.76. The first kappa shape index (κ1) is 25.2. The maximum atomic E-state index is 10.6. The molecule has 0 amide bonds. The standard InChI is InChI=1S/C21H38O7/c1-6-21(5,27)11-7-8-13(2)9-10-14(20(3,4)26)19-18(25)17(24)16(23)15(12-22)28-19/h6,8,14-19,22-27H,1,7,9-12H2,2-5H3/b13-8+/t14?,15-,16-,17+,18-,19+,21-/m1/s1. The van der Waals surface area contributed by atoms with Gasteiger partial charge in [-0.25, -0.2) is 0 Å². The van der Waals surface area contributed by atoms with Crippen molar-refractivity contribution in [1.29, 1.82) is 0 Å². The topological polar surface area (TPSA) is 131 Å². The first-order chi connectivity index (χ1) is 12.8. The number of hydrogen-bond acceptors (Lipinski definition) is 7. The molecule has 0 aromatic rings. The van der Waals surface area contributed by atoms with Crippen molar-refractivity contribution in [2.45, 2.75) is 95.1 Å². The van der Waals surface area contributed by atoms with E-state index >= 15 is 0 Å². The van der Waals surface area contributed by atoms with Gasteiger partial charge in [0.1, 0.15) is 24.4 Å². The molecular weight excluding hydrogens is 364 g/mol. The van der Waals surface area contributed by atoms with Gasteiger partial charge in [-0.05, 0) is 53.4 Å². The van der Waals surface area contributed by atoms with Gasteiger partial charge in [-0.15, -0.1) is 6.58 Å². The number of ether oxygens (including phenoxy) is 1. The molecule has 0 saturated carbocycles. The molecule has 1 fully saturated rings. The van der Waals surface area contributed by atoms with Gasteiger partial charge in [0.2, 0.25) is 0 Å². The minimum absolute atomic E-state index is 0.479. The van der Waals surface area contributed by atoms with Gasteiger partial charge in [-0.2, -0.15) is 0 Å². The molecule has 0 aliphatic carbocycles. The highest BCUT2D eigenvalue weighted by atomic mass is 16.5. The van der Waals surface area contributed by atoms with E-state index < -0.39 is 54.2 Å². The van der Waals surface area contributed by atoms with Crippen LogP contribution in [0.3, 0.4) is 0 Å². The summed E-state index contributed by atoms with van der Waals surface area (Å²) in [6.07, 6.45) is -0.305. The lowest BCUT2D eigenvalue weighted by Gasteiger charge is -2.46. The minimum atomic E-state index is -1.46. The highest BCUT2D eigenvalue weighted by Gasteiger charge is 2.49. The molecule has 7 heteroatoms. The summed E-state index contributed by atoms with van der Waals surface area (Å²) in [5.74, 6) is -0.529. The summed E-state index contributed by atoms with van der Waals surface area (Å²) < 4.78 is 5.66. The second-order valence-corrected chi connectivity index (χ2v) is 8.74. The molecule has 28 heavy (non-hydrogen) atoms. The van der Waals surface area contributed by atoms with Crippen LogP contribution in [0.25, 0.3) is 0 Å². The average Bonchev–Trinajstić information content (AvgIpc) is 2.60. The molecule has 1 rings (SSSR count). The van der Waals surface area contributed by atoms with Crippen molar-refractivity contribution in [2.24, 2.45) is 5.92 Å². The molecule has 7 atom stereocenters. The predicted octanol–water partition coefficient (Wildman–Crippen LogP) is 0.660. The van der Waals surface area contributed by atoms with Gasteiger partial charge in [0.15, 0.2) is 0 Å². The maximum absolute atomic E-state index is 10.6. The maximum Gasteiger partial charge on any atom is 0.111 e. The summed E-state index contributed by atoms with van der Waals surface area (Å²) in [6, 6.07) is 0.